The lowest BCUT2D eigenvalue weighted by Crippen LogP contribution is -2.09. The Morgan fingerprint density at radius 1 is 1.30 bits per heavy atom. The standard InChI is InChI=1S/C18H18O2/c1-2-20-18(19)17-12-16(13-8-4-3-5-9-13)14-10-6-7-11-15(14)17/h3-6,8-10,12,16H,2,7,11H2,1H3. The van der Waals surface area contributed by atoms with Crippen molar-refractivity contribution in [3.05, 3.63) is 70.8 Å². The van der Waals surface area contributed by atoms with Crippen LogP contribution in [0.1, 0.15) is 31.2 Å². The van der Waals surface area contributed by atoms with Gasteiger partial charge in [-0.25, -0.2) is 4.79 Å². The smallest absolute Gasteiger partial charge is 0.338 e. The Morgan fingerprint density at radius 3 is 2.85 bits per heavy atom. The molecule has 3 rings (SSSR count). The van der Waals surface area contributed by atoms with Gasteiger partial charge in [0.1, 0.15) is 0 Å². The highest BCUT2D eigenvalue weighted by atomic mass is 16.5. The molecule has 0 saturated heterocycles. The molecular formula is C18H18O2. The Bertz CT molecular complexity index is 606. The SMILES string of the molecule is CCOC(=O)C1=CC(c2ccccc2)C2=C1CCC=C2. The fourth-order valence-corrected chi connectivity index (χ4v) is 2.96. The van der Waals surface area contributed by atoms with Gasteiger partial charge < -0.3 is 4.74 Å². The summed E-state index contributed by atoms with van der Waals surface area (Å²) >= 11 is 0. The van der Waals surface area contributed by atoms with Crippen molar-refractivity contribution in [2.75, 3.05) is 6.61 Å². The maximum atomic E-state index is 12.1. The van der Waals surface area contributed by atoms with E-state index in [0.29, 0.717) is 6.61 Å². The van der Waals surface area contributed by atoms with Crippen molar-refractivity contribution < 1.29 is 9.53 Å². The lowest BCUT2D eigenvalue weighted by atomic mass is 9.89. The maximum absolute atomic E-state index is 12.1. The van der Waals surface area contributed by atoms with Crippen molar-refractivity contribution in [2.45, 2.75) is 25.7 Å². The van der Waals surface area contributed by atoms with Gasteiger partial charge >= 0.3 is 5.97 Å². The van der Waals surface area contributed by atoms with Gasteiger partial charge in [0.2, 0.25) is 0 Å². The Morgan fingerprint density at radius 2 is 2.10 bits per heavy atom. The van der Waals surface area contributed by atoms with Gasteiger partial charge in [-0.2, -0.15) is 0 Å². The van der Waals surface area contributed by atoms with Crippen LogP contribution >= 0.6 is 0 Å². The van der Waals surface area contributed by atoms with Gasteiger partial charge in [0, 0.05) is 5.92 Å². The molecule has 0 aromatic heterocycles. The number of esters is 1. The van der Waals surface area contributed by atoms with Crippen LogP contribution in [0.5, 0.6) is 0 Å². The number of ether oxygens (including phenoxy) is 1. The molecule has 1 unspecified atom stereocenters. The second kappa shape index (κ2) is 5.49. The van der Waals surface area contributed by atoms with Crippen LogP contribution in [0.4, 0.5) is 0 Å². The second-order valence-corrected chi connectivity index (χ2v) is 5.06. The zero-order valence-electron chi connectivity index (χ0n) is 11.6. The van der Waals surface area contributed by atoms with Crippen molar-refractivity contribution >= 4 is 5.97 Å². The predicted molar refractivity (Wildman–Crippen MR) is 79.3 cm³/mol. The Kier molecular flexibility index (Phi) is 3.55. The fraction of sp³-hybridized carbons (Fsp3) is 0.278. The molecule has 1 aromatic carbocycles. The average Bonchev–Trinajstić information content (AvgIpc) is 2.88. The zero-order chi connectivity index (χ0) is 13.9. The summed E-state index contributed by atoms with van der Waals surface area (Å²) in [5, 5.41) is 0. The van der Waals surface area contributed by atoms with Gasteiger partial charge in [-0.05, 0) is 36.5 Å². The van der Waals surface area contributed by atoms with Gasteiger partial charge in [-0.3, -0.25) is 0 Å². The molecule has 0 aliphatic heterocycles. The predicted octanol–water partition coefficient (Wildman–Crippen LogP) is 3.92. The normalized spacial score (nSPS) is 20.6. The third kappa shape index (κ3) is 2.22. The Labute approximate surface area is 119 Å². The highest BCUT2D eigenvalue weighted by Crippen LogP contribution is 2.43. The topological polar surface area (TPSA) is 26.3 Å². The largest absolute Gasteiger partial charge is 0.462 e. The minimum atomic E-state index is -0.186. The summed E-state index contributed by atoms with van der Waals surface area (Å²) in [6.07, 6.45) is 8.35. The van der Waals surface area contributed by atoms with Crippen LogP contribution in [0.2, 0.25) is 0 Å². The van der Waals surface area contributed by atoms with E-state index in [1.165, 1.54) is 16.7 Å². The van der Waals surface area contributed by atoms with Crippen LogP contribution in [0.3, 0.4) is 0 Å². The molecule has 2 heteroatoms. The number of hydrogen-bond donors (Lipinski definition) is 0. The van der Waals surface area contributed by atoms with E-state index in [0.717, 1.165) is 18.4 Å². The molecule has 0 radical (unpaired) electrons. The average molecular weight is 266 g/mol. The van der Waals surface area contributed by atoms with E-state index in [1.807, 2.05) is 25.1 Å². The summed E-state index contributed by atoms with van der Waals surface area (Å²) < 4.78 is 5.19. The highest BCUT2D eigenvalue weighted by Gasteiger charge is 2.31. The van der Waals surface area contributed by atoms with Crippen LogP contribution < -0.4 is 0 Å². The molecule has 1 aromatic rings. The van der Waals surface area contributed by atoms with Crippen LogP contribution in [-0.2, 0) is 9.53 Å². The van der Waals surface area contributed by atoms with Gasteiger partial charge in [0.15, 0.2) is 0 Å². The van der Waals surface area contributed by atoms with E-state index in [4.69, 9.17) is 4.74 Å². The molecule has 0 spiro atoms. The van der Waals surface area contributed by atoms with Crippen LogP contribution in [-0.4, -0.2) is 12.6 Å². The van der Waals surface area contributed by atoms with Gasteiger partial charge in [-0.15, -0.1) is 0 Å². The van der Waals surface area contributed by atoms with E-state index >= 15 is 0 Å². The minimum absolute atomic E-state index is 0.183. The molecule has 2 nitrogen and oxygen atoms in total. The third-order valence-electron chi connectivity index (χ3n) is 3.85. The highest BCUT2D eigenvalue weighted by molar-refractivity contribution is 5.96. The van der Waals surface area contributed by atoms with Crippen molar-refractivity contribution in [1.82, 2.24) is 0 Å². The molecule has 0 amide bonds. The number of benzene rings is 1. The first-order chi connectivity index (χ1) is 9.81. The van der Waals surface area contributed by atoms with E-state index in [-0.39, 0.29) is 11.9 Å². The lowest BCUT2D eigenvalue weighted by molar-refractivity contribution is -0.138. The number of allylic oxidation sites excluding steroid dienone is 4. The van der Waals surface area contributed by atoms with E-state index in [1.54, 1.807) is 0 Å². The van der Waals surface area contributed by atoms with Crippen molar-refractivity contribution in [1.29, 1.82) is 0 Å². The molecule has 1 atom stereocenters. The van der Waals surface area contributed by atoms with E-state index in [9.17, 15) is 4.79 Å². The number of rotatable bonds is 3. The van der Waals surface area contributed by atoms with Crippen LogP contribution in [0.15, 0.2) is 65.3 Å². The summed E-state index contributed by atoms with van der Waals surface area (Å²) in [7, 11) is 0. The van der Waals surface area contributed by atoms with Gasteiger partial charge in [-0.1, -0.05) is 48.6 Å². The minimum Gasteiger partial charge on any atom is -0.462 e. The molecule has 0 saturated carbocycles. The quantitative estimate of drug-likeness (QED) is 0.775. The molecule has 20 heavy (non-hydrogen) atoms. The van der Waals surface area contributed by atoms with Crippen LogP contribution in [0, 0.1) is 0 Å². The molecule has 0 fully saturated rings. The fourth-order valence-electron chi connectivity index (χ4n) is 2.96. The molecule has 0 heterocycles. The number of hydrogen-bond acceptors (Lipinski definition) is 2. The molecule has 0 bridgehead atoms. The van der Waals surface area contributed by atoms with Gasteiger partial charge in [0.05, 0.1) is 12.2 Å². The first-order valence-electron chi connectivity index (χ1n) is 7.15. The lowest BCUT2D eigenvalue weighted by Gasteiger charge is -2.16. The Hall–Kier alpha value is -2.09. The molecular weight excluding hydrogens is 248 g/mol. The summed E-state index contributed by atoms with van der Waals surface area (Å²) in [5.41, 5.74) is 4.41. The Balaban J connectivity index is 2.01. The van der Waals surface area contributed by atoms with Crippen LogP contribution in [0.25, 0.3) is 0 Å². The van der Waals surface area contributed by atoms with E-state index in [2.05, 4.69) is 30.4 Å². The van der Waals surface area contributed by atoms with Crippen molar-refractivity contribution in [3.63, 3.8) is 0 Å². The summed E-state index contributed by atoms with van der Waals surface area (Å²) in [4.78, 5) is 12.1. The van der Waals surface area contributed by atoms with E-state index < -0.39 is 0 Å². The van der Waals surface area contributed by atoms with Gasteiger partial charge in [0.25, 0.3) is 0 Å². The first-order valence-corrected chi connectivity index (χ1v) is 7.15. The summed E-state index contributed by atoms with van der Waals surface area (Å²) in [6, 6.07) is 10.3. The zero-order valence-corrected chi connectivity index (χ0v) is 11.6. The summed E-state index contributed by atoms with van der Waals surface area (Å²) in [6.45, 7) is 2.27. The monoisotopic (exact) mass is 266 g/mol. The maximum Gasteiger partial charge on any atom is 0.338 e. The summed E-state index contributed by atoms with van der Waals surface area (Å²) in [5.74, 6) is -0.00381. The molecule has 2 aliphatic rings. The first kappa shape index (κ1) is 12.9. The molecule has 102 valence electrons. The molecule has 0 N–H and O–H groups in total. The number of carbonyl (C=O) groups excluding carboxylic acids is 1. The third-order valence-corrected chi connectivity index (χ3v) is 3.85. The van der Waals surface area contributed by atoms with Crippen molar-refractivity contribution in [2.24, 2.45) is 0 Å². The van der Waals surface area contributed by atoms with Crippen molar-refractivity contribution in [3.8, 4) is 0 Å². The second-order valence-electron chi connectivity index (χ2n) is 5.06. The molecule has 2 aliphatic carbocycles. The number of carbonyl (C=O) groups is 1.